The smallest absolute Gasteiger partial charge is 0.434 e. The van der Waals surface area contributed by atoms with Crippen molar-refractivity contribution < 1.29 is 14.3 Å². The monoisotopic (exact) mass is 263 g/mol. The summed E-state index contributed by atoms with van der Waals surface area (Å²) in [6, 6.07) is 5.67. The average molecular weight is 263 g/mol. The van der Waals surface area contributed by atoms with Gasteiger partial charge < -0.3 is 9.47 Å². The maximum absolute atomic E-state index is 11.5. The number of rotatable bonds is 3. The van der Waals surface area contributed by atoms with E-state index in [-0.39, 0.29) is 0 Å². The Balaban J connectivity index is 2.77. The topological polar surface area (TPSA) is 47.9 Å². The van der Waals surface area contributed by atoms with Crippen molar-refractivity contribution in [2.45, 2.75) is 40.2 Å². The predicted octanol–water partition coefficient (Wildman–Crippen LogP) is 3.75. The fourth-order valence-corrected chi connectivity index (χ4v) is 1.42. The molecule has 0 N–H and O–H groups in total. The van der Waals surface area contributed by atoms with Crippen LogP contribution in [0.2, 0.25) is 0 Å². The van der Waals surface area contributed by atoms with Gasteiger partial charge in [0.05, 0.1) is 6.61 Å². The molecule has 0 fully saturated rings. The van der Waals surface area contributed by atoms with Gasteiger partial charge in [0.2, 0.25) is 0 Å². The number of aliphatic imine (C=N–C) groups is 1. The molecule has 1 rings (SSSR count). The Morgan fingerprint density at radius 3 is 2.63 bits per heavy atom. The first-order valence-corrected chi connectivity index (χ1v) is 6.32. The summed E-state index contributed by atoms with van der Waals surface area (Å²) in [7, 11) is 0. The summed E-state index contributed by atoms with van der Waals surface area (Å²) in [6.07, 6.45) is 0.891. The van der Waals surface area contributed by atoms with Crippen molar-refractivity contribution in [3.8, 4) is 5.75 Å². The number of nitrogens with zero attached hydrogens (tertiary/aromatic N) is 1. The van der Waals surface area contributed by atoms with Crippen LogP contribution >= 0.6 is 0 Å². The lowest BCUT2D eigenvalue weighted by molar-refractivity contribution is 0.0605. The van der Waals surface area contributed by atoms with Gasteiger partial charge in [-0.15, -0.1) is 0 Å². The summed E-state index contributed by atoms with van der Waals surface area (Å²) in [5.41, 5.74) is 1.33. The molecule has 4 nitrogen and oxygen atoms in total. The van der Waals surface area contributed by atoms with E-state index in [9.17, 15) is 4.79 Å². The van der Waals surface area contributed by atoms with E-state index in [0.29, 0.717) is 6.61 Å². The maximum atomic E-state index is 11.5. The molecule has 0 saturated carbocycles. The molecule has 104 valence electrons. The van der Waals surface area contributed by atoms with Crippen LogP contribution in [0.1, 0.15) is 38.8 Å². The Bertz CT molecular complexity index is 473. The van der Waals surface area contributed by atoms with E-state index >= 15 is 0 Å². The van der Waals surface area contributed by atoms with Crippen molar-refractivity contribution in [1.82, 2.24) is 0 Å². The zero-order chi connectivity index (χ0) is 14.5. The standard InChI is InChI=1S/C15H21NO3/c1-6-18-13-9-12(8-7-11(13)2)10-16-14(17)19-15(3,4)5/h7-10H,6H2,1-5H3. The summed E-state index contributed by atoms with van der Waals surface area (Å²) in [6.45, 7) is 9.92. The van der Waals surface area contributed by atoms with Crippen molar-refractivity contribution in [2.75, 3.05) is 6.61 Å². The van der Waals surface area contributed by atoms with Crippen molar-refractivity contribution >= 4 is 12.3 Å². The first kappa shape index (κ1) is 15.2. The molecule has 0 aliphatic carbocycles. The van der Waals surface area contributed by atoms with Gasteiger partial charge in [-0.2, -0.15) is 4.99 Å². The van der Waals surface area contributed by atoms with Crippen molar-refractivity contribution in [3.63, 3.8) is 0 Å². The van der Waals surface area contributed by atoms with Crippen LogP contribution in [-0.4, -0.2) is 24.5 Å². The number of carbonyl (C=O) groups excluding carboxylic acids is 1. The molecule has 0 unspecified atom stereocenters. The second-order valence-electron chi connectivity index (χ2n) is 5.20. The third kappa shape index (κ3) is 5.55. The van der Waals surface area contributed by atoms with E-state index in [4.69, 9.17) is 9.47 Å². The molecule has 0 aliphatic rings. The lowest BCUT2D eigenvalue weighted by Gasteiger charge is -2.17. The van der Waals surface area contributed by atoms with Crippen LogP contribution in [0.3, 0.4) is 0 Å². The van der Waals surface area contributed by atoms with E-state index in [1.165, 1.54) is 6.21 Å². The molecule has 1 aromatic rings. The van der Waals surface area contributed by atoms with Crippen LogP contribution in [-0.2, 0) is 4.74 Å². The molecule has 0 bridgehead atoms. The van der Waals surface area contributed by atoms with Gasteiger partial charge in [-0.05, 0) is 51.8 Å². The molecule has 1 aromatic carbocycles. The van der Waals surface area contributed by atoms with Gasteiger partial charge in [0, 0.05) is 6.21 Å². The largest absolute Gasteiger partial charge is 0.494 e. The zero-order valence-electron chi connectivity index (χ0n) is 12.2. The van der Waals surface area contributed by atoms with E-state index in [0.717, 1.165) is 16.9 Å². The van der Waals surface area contributed by atoms with Gasteiger partial charge in [-0.25, -0.2) is 4.79 Å². The van der Waals surface area contributed by atoms with Crippen LogP contribution in [0.5, 0.6) is 5.75 Å². The molecular formula is C15H21NO3. The second kappa shape index (κ2) is 6.36. The van der Waals surface area contributed by atoms with Gasteiger partial charge in [-0.3, -0.25) is 0 Å². The Hall–Kier alpha value is -1.84. The minimum atomic E-state index is -0.592. The summed E-state index contributed by atoms with van der Waals surface area (Å²) in [4.78, 5) is 15.2. The van der Waals surface area contributed by atoms with E-state index in [1.807, 2.05) is 32.0 Å². The fourth-order valence-electron chi connectivity index (χ4n) is 1.42. The maximum Gasteiger partial charge on any atom is 0.434 e. The van der Waals surface area contributed by atoms with Gasteiger partial charge in [-0.1, -0.05) is 12.1 Å². The van der Waals surface area contributed by atoms with Crippen LogP contribution in [0.4, 0.5) is 4.79 Å². The molecule has 0 spiro atoms. The number of hydrogen-bond acceptors (Lipinski definition) is 3. The summed E-state index contributed by atoms with van der Waals surface area (Å²) < 4.78 is 10.6. The quantitative estimate of drug-likeness (QED) is 0.780. The summed E-state index contributed by atoms with van der Waals surface area (Å²) in [5, 5.41) is 0. The number of amides is 1. The minimum Gasteiger partial charge on any atom is -0.494 e. The lowest BCUT2D eigenvalue weighted by atomic mass is 10.1. The van der Waals surface area contributed by atoms with Gasteiger partial charge in [0.15, 0.2) is 0 Å². The van der Waals surface area contributed by atoms with Crippen LogP contribution < -0.4 is 4.74 Å². The summed E-state index contributed by atoms with van der Waals surface area (Å²) >= 11 is 0. The van der Waals surface area contributed by atoms with Crippen LogP contribution in [0.15, 0.2) is 23.2 Å². The molecule has 0 aromatic heterocycles. The molecule has 0 heterocycles. The Morgan fingerprint density at radius 1 is 1.37 bits per heavy atom. The van der Waals surface area contributed by atoms with Crippen LogP contribution in [0, 0.1) is 6.92 Å². The highest BCUT2D eigenvalue weighted by atomic mass is 16.6. The number of hydrogen-bond donors (Lipinski definition) is 0. The van der Waals surface area contributed by atoms with Crippen LogP contribution in [0.25, 0.3) is 0 Å². The van der Waals surface area contributed by atoms with Gasteiger partial charge in [0.1, 0.15) is 11.4 Å². The molecule has 0 aliphatic heterocycles. The SMILES string of the molecule is CCOc1cc(C=NC(=O)OC(C)(C)C)ccc1C. The molecule has 19 heavy (non-hydrogen) atoms. The third-order valence-electron chi connectivity index (χ3n) is 2.22. The van der Waals surface area contributed by atoms with E-state index in [1.54, 1.807) is 20.8 Å². The number of aryl methyl sites for hydroxylation is 1. The Morgan fingerprint density at radius 2 is 2.05 bits per heavy atom. The Kier molecular flexibility index (Phi) is 5.10. The first-order chi connectivity index (χ1) is 8.81. The lowest BCUT2D eigenvalue weighted by Crippen LogP contribution is -2.21. The second-order valence-corrected chi connectivity index (χ2v) is 5.20. The zero-order valence-corrected chi connectivity index (χ0v) is 12.2. The molecule has 0 radical (unpaired) electrons. The highest BCUT2D eigenvalue weighted by Gasteiger charge is 2.14. The molecule has 1 amide bonds. The fraction of sp³-hybridized carbons (Fsp3) is 0.467. The molecule has 0 atom stereocenters. The van der Waals surface area contributed by atoms with E-state index < -0.39 is 11.7 Å². The van der Waals surface area contributed by atoms with Gasteiger partial charge >= 0.3 is 6.09 Å². The highest BCUT2D eigenvalue weighted by molar-refractivity contribution is 5.89. The average Bonchev–Trinajstić information content (AvgIpc) is 2.28. The number of benzene rings is 1. The number of carbonyl (C=O) groups is 1. The Labute approximate surface area is 114 Å². The summed E-state index contributed by atoms with van der Waals surface area (Å²) in [5.74, 6) is 0.802. The minimum absolute atomic E-state index is 0.530. The van der Waals surface area contributed by atoms with Crippen molar-refractivity contribution in [3.05, 3.63) is 29.3 Å². The molecule has 0 saturated heterocycles. The molecular weight excluding hydrogens is 242 g/mol. The number of ether oxygens (including phenoxy) is 2. The highest BCUT2D eigenvalue weighted by Crippen LogP contribution is 2.18. The third-order valence-corrected chi connectivity index (χ3v) is 2.22. The van der Waals surface area contributed by atoms with E-state index in [2.05, 4.69) is 4.99 Å². The molecule has 4 heteroatoms. The van der Waals surface area contributed by atoms with Crippen molar-refractivity contribution in [1.29, 1.82) is 0 Å². The first-order valence-electron chi connectivity index (χ1n) is 6.32. The van der Waals surface area contributed by atoms with Gasteiger partial charge in [0.25, 0.3) is 0 Å². The van der Waals surface area contributed by atoms with Crippen molar-refractivity contribution in [2.24, 2.45) is 4.99 Å². The normalized spacial score (nSPS) is 11.6. The predicted molar refractivity (Wildman–Crippen MR) is 76.2 cm³/mol.